The molecule has 5 aromatic rings. The first-order chi connectivity index (χ1) is 37.5. The maximum atomic E-state index is 13.5. The van der Waals surface area contributed by atoms with Crippen LogP contribution in [0.4, 0.5) is 5.69 Å². The van der Waals surface area contributed by atoms with E-state index in [2.05, 4.69) is 41.6 Å². The summed E-state index contributed by atoms with van der Waals surface area (Å²) in [6.45, 7) is 13.6. The highest BCUT2D eigenvalue weighted by Crippen LogP contribution is 2.34. The monoisotopic (exact) mass is 1070 g/mol. The second-order valence-corrected chi connectivity index (χ2v) is 20.4. The summed E-state index contributed by atoms with van der Waals surface area (Å²) in [5.74, 6) is -3.28. The Morgan fingerprint density at radius 3 is 2.10 bits per heavy atom. The number of nitrogens with zero attached hydrogens (tertiary/aromatic N) is 5. The lowest BCUT2D eigenvalue weighted by Gasteiger charge is -2.34. The summed E-state index contributed by atoms with van der Waals surface area (Å²) in [4.78, 5) is 113. The van der Waals surface area contributed by atoms with Crippen LogP contribution in [0.3, 0.4) is 0 Å². The standard InChI is InChI=1S/C58H66N8O12/c1-37-42(8-6-10-44(37)61-52(69)39-16-18-41(19-17-39)58(2,3)4)46-35-63(5)56(73)45(60-46)34-38-12-14-40(15-13-38)54(71)65-25-23-64(24-26-65)27-29-76-31-33-77-32-30-75-28-22-59-50(68)36-78-48-11-7-9-43-51(48)57(74)66(55(43)72)47-20-21-49(67)62-53(47)70/h6-19,35,47H,20-34,36H2,1-5H3,(H,59,68)(H,61,69)(H,62,67,70). The second kappa shape index (κ2) is 25.5. The van der Waals surface area contributed by atoms with Crippen LogP contribution in [-0.2, 0) is 47.5 Å². The molecule has 3 aliphatic heterocycles. The smallest absolute Gasteiger partial charge is 0.272 e. The van der Waals surface area contributed by atoms with Gasteiger partial charge in [0.25, 0.3) is 35.1 Å². The van der Waals surface area contributed by atoms with Crippen molar-refractivity contribution in [3.63, 3.8) is 0 Å². The molecule has 1 unspecified atom stereocenters. The summed E-state index contributed by atoms with van der Waals surface area (Å²) in [6, 6.07) is 23.9. The van der Waals surface area contributed by atoms with Gasteiger partial charge in [0.15, 0.2) is 6.61 Å². The van der Waals surface area contributed by atoms with Crippen LogP contribution in [0.15, 0.2) is 95.9 Å². The number of carbonyl (C=O) groups excluding carboxylic acids is 7. The quantitative estimate of drug-likeness (QED) is 0.0648. The molecule has 0 saturated carbocycles. The third-order valence-corrected chi connectivity index (χ3v) is 13.9. The molecule has 0 bridgehead atoms. The largest absolute Gasteiger partial charge is 0.483 e. The highest BCUT2D eigenvalue weighted by atomic mass is 16.5. The van der Waals surface area contributed by atoms with Crippen molar-refractivity contribution in [3.05, 3.63) is 146 Å². The number of piperidine rings is 1. The number of fused-ring (bicyclic) bond motifs is 1. The fourth-order valence-corrected chi connectivity index (χ4v) is 9.39. The molecule has 7 amide bonds. The first-order valence-electron chi connectivity index (χ1n) is 26.1. The molecular formula is C58H66N8O12. The number of hydrogen-bond acceptors (Lipinski definition) is 14. The van der Waals surface area contributed by atoms with Crippen LogP contribution in [0, 0.1) is 6.92 Å². The maximum Gasteiger partial charge on any atom is 0.272 e. The van der Waals surface area contributed by atoms with Crippen molar-refractivity contribution in [2.45, 2.75) is 58.4 Å². The van der Waals surface area contributed by atoms with Gasteiger partial charge in [0.1, 0.15) is 17.5 Å². The van der Waals surface area contributed by atoms with Gasteiger partial charge in [-0.1, -0.05) is 63.2 Å². The molecule has 1 aromatic heterocycles. The van der Waals surface area contributed by atoms with E-state index in [0.29, 0.717) is 94.0 Å². The van der Waals surface area contributed by atoms with E-state index in [1.807, 2.05) is 66.4 Å². The third kappa shape index (κ3) is 13.8. The van der Waals surface area contributed by atoms with Crippen LogP contribution >= 0.6 is 0 Å². The third-order valence-electron chi connectivity index (χ3n) is 13.9. The average molecular weight is 1070 g/mol. The van der Waals surface area contributed by atoms with Crippen LogP contribution in [0.2, 0.25) is 0 Å². The number of rotatable bonds is 22. The lowest BCUT2D eigenvalue weighted by molar-refractivity contribution is -0.136. The molecule has 4 heterocycles. The Morgan fingerprint density at radius 2 is 1.41 bits per heavy atom. The van der Waals surface area contributed by atoms with Crippen LogP contribution in [0.5, 0.6) is 5.75 Å². The zero-order valence-electron chi connectivity index (χ0n) is 44.7. The number of piperazine rings is 1. The van der Waals surface area contributed by atoms with Gasteiger partial charge in [-0.3, -0.25) is 53.5 Å². The van der Waals surface area contributed by atoms with E-state index in [1.165, 1.54) is 22.8 Å². The first-order valence-corrected chi connectivity index (χ1v) is 26.1. The van der Waals surface area contributed by atoms with Crippen molar-refractivity contribution in [3.8, 4) is 17.0 Å². The minimum atomic E-state index is -1.11. The Balaban J connectivity index is 0.678. The number of amides is 7. The van der Waals surface area contributed by atoms with Gasteiger partial charge in [-0.25, -0.2) is 4.98 Å². The van der Waals surface area contributed by atoms with Crippen molar-refractivity contribution in [2.24, 2.45) is 7.05 Å². The van der Waals surface area contributed by atoms with Gasteiger partial charge in [-0.05, 0) is 77.9 Å². The fraction of sp³-hybridized carbons (Fsp3) is 0.397. The minimum Gasteiger partial charge on any atom is -0.483 e. The Morgan fingerprint density at radius 1 is 0.756 bits per heavy atom. The van der Waals surface area contributed by atoms with Crippen LogP contribution < -0.4 is 26.2 Å². The van der Waals surface area contributed by atoms with Gasteiger partial charge in [0.05, 0.1) is 56.5 Å². The Bertz CT molecular complexity index is 3110. The average Bonchev–Trinajstić information content (AvgIpc) is 3.77. The SMILES string of the molecule is Cc1c(NC(=O)c2ccc(C(C)(C)C)cc2)cccc1-c1cn(C)c(=O)c(Cc2ccc(C(=O)N3CCN(CCOCCOCCOCCNC(=O)COc4cccc5c4C(=O)N(C4CCC(=O)NC4=O)C5=O)CC3)cc2)n1. The normalized spacial score (nSPS) is 15.8. The fourth-order valence-electron chi connectivity index (χ4n) is 9.39. The number of carbonyl (C=O) groups is 7. The van der Waals surface area contributed by atoms with Crippen molar-refractivity contribution >= 4 is 47.0 Å². The number of benzene rings is 4. The molecule has 3 N–H and O–H groups in total. The number of ether oxygens (including phenoxy) is 4. The summed E-state index contributed by atoms with van der Waals surface area (Å²) in [6.07, 6.45) is 2.00. The van der Waals surface area contributed by atoms with Gasteiger partial charge in [0, 0.05) is 87.7 Å². The number of aromatic nitrogens is 2. The van der Waals surface area contributed by atoms with E-state index in [4.69, 9.17) is 23.9 Å². The molecule has 8 rings (SSSR count). The molecule has 20 nitrogen and oxygen atoms in total. The second-order valence-electron chi connectivity index (χ2n) is 20.4. The first kappa shape index (κ1) is 56.3. The van der Waals surface area contributed by atoms with Crippen LogP contribution in [0.25, 0.3) is 11.3 Å². The van der Waals surface area contributed by atoms with E-state index in [0.717, 1.165) is 27.2 Å². The zero-order valence-corrected chi connectivity index (χ0v) is 44.7. The lowest BCUT2D eigenvalue weighted by atomic mass is 9.86. The van der Waals surface area contributed by atoms with Gasteiger partial charge in [-0.2, -0.15) is 0 Å². The van der Waals surface area contributed by atoms with E-state index in [1.54, 1.807) is 25.4 Å². The summed E-state index contributed by atoms with van der Waals surface area (Å²) in [7, 11) is 1.70. The van der Waals surface area contributed by atoms with E-state index in [9.17, 15) is 38.4 Å². The number of aryl methyl sites for hydroxylation is 1. The van der Waals surface area contributed by atoms with Gasteiger partial charge in [0.2, 0.25) is 11.8 Å². The molecule has 20 heteroatoms. The number of anilines is 1. The Kier molecular flexibility index (Phi) is 18.4. The summed E-state index contributed by atoms with van der Waals surface area (Å²) in [5, 5.41) is 7.87. The Hall–Kier alpha value is -7.91. The molecule has 0 aliphatic carbocycles. The van der Waals surface area contributed by atoms with E-state index < -0.39 is 42.2 Å². The van der Waals surface area contributed by atoms with E-state index in [-0.39, 0.29) is 72.1 Å². The molecule has 1 atom stereocenters. The summed E-state index contributed by atoms with van der Waals surface area (Å²) in [5.41, 5.74) is 6.12. The molecule has 2 saturated heterocycles. The molecule has 3 aliphatic rings. The van der Waals surface area contributed by atoms with Crippen molar-refractivity contribution in [1.82, 2.24) is 34.9 Å². The molecule has 4 aromatic carbocycles. The van der Waals surface area contributed by atoms with Crippen LogP contribution in [-0.4, -0.2) is 157 Å². The molecular weight excluding hydrogens is 1000 g/mol. The highest BCUT2D eigenvalue weighted by molar-refractivity contribution is 6.24. The van der Waals surface area contributed by atoms with E-state index >= 15 is 0 Å². The van der Waals surface area contributed by atoms with Gasteiger partial charge < -0.3 is 39.0 Å². The molecule has 78 heavy (non-hydrogen) atoms. The van der Waals surface area contributed by atoms with Crippen molar-refractivity contribution in [2.75, 3.05) is 90.8 Å². The maximum absolute atomic E-state index is 13.5. The van der Waals surface area contributed by atoms with Crippen LogP contribution in [0.1, 0.15) is 97.4 Å². The molecule has 410 valence electrons. The topological polar surface area (TPSA) is 237 Å². The van der Waals surface area contributed by atoms with Gasteiger partial charge in [-0.15, -0.1) is 0 Å². The van der Waals surface area contributed by atoms with Crippen molar-refractivity contribution in [1.29, 1.82) is 0 Å². The predicted molar refractivity (Wildman–Crippen MR) is 288 cm³/mol. The molecule has 0 radical (unpaired) electrons. The number of hydrogen-bond donors (Lipinski definition) is 3. The molecule has 2 fully saturated rings. The lowest BCUT2D eigenvalue weighted by Crippen LogP contribution is -2.54. The predicted octanol–water partition coefficient (Wildman–Crippen LogP) is 4.30. The zero-order chi connectivity index (χ0) is 55.5. The molecule has 0 spiro atoms. The number of imide groups is 2. The van der Waals surface area contributed by atoms with Crippen molar-refractivity contribution < 1.29 is 52.5 Å². The number of nitrogens with one attached hydrogen (secondary N) is 3. The summed E-state index contributed by atoms with van der Waals surface area (Å²) < 4.78 is 24.0. The Labute approximate surface area is 452 Å². The minimum absolute atomic E-state index is 0.000145. The summed E-state index contributed by atoms with van der Waals surface area (Å²) >= 11 is 0. The van der Waals surface area contributed by atoms with Gasteiger partial charge >= 0.3 is 0 Å². The highest BCUT2D eigenvalue weighted by Gasteiger charge is 2.46.